The lowest BCUT2D eigenvalue weighted by atomic mass is 10.2. The fourth-order valence-electron chi connectivity index (χ4n) is 0.981. The highest BCUT2D eigenvalue weighted by molar-refractivity contribution is 5.88. The van der Waals surface area contributed by atoms with Gasteiger partial charge < -0.3 is 4.74 Å². The predicted octanol–water partition coefficient (Wildman–Crippen LogP) is 1.80. The van der Waals surface area contributed by atoms with E-state index < -0.39 is 5.97 Å². The molecule has 0 spiro atoms. The maximum atomic E-state index is 10.8. The number of rotatable bonds is 2. The summed E-state index contributed by atoms with van der Waals surface area (Å²) in [5, 5.41) is 0. The molecule has 72 valence electrons. The van der Waals surface area contributed by atoms with Gasteiger partial charge in [0.1, 0.15) is 0 Å². The largest absolute Gasteiger partial charge is 0.456 e. The lowest BCUT2D eigenvalue weighted by Gasteiger charge is -1.92. The number of carbonyl (C=O) groups is 1. The van der Waals surface area contributed by atoms with Gasteiger partial charge in [0.25, 0.3) is 0 Å². The first kappa shape index (κ1) is 10.3. The third-order valence-corrected chi connectivity index (χ3v) is 1.60. The summed E-state index contributed by atoms with van der Waals surface area (Å²) in [7, 11) is 0. The molecule has 2 nitrogen and oxygen atoms in total. The minimum absolute atomic E-state index is 0.374. The molecule has 0 heterocycles. The fourth-order valence-corrected chi connectivity index (χ4v) is 0.981. The quantitative estimate of drug-likeness (QED) is 0.402. The summed E-state index contributed by atoms with van der Waals surface area (Å²) in [4.78, 5) is 10.8. The Kier molecular flexibility index (Phi) is 4.30. The van der Waals surface area contributed by atoms with Crippen LogP contribution in [0, 0.1) is 11.8 Å². The smallest absolute Gasteiger partial charge is 0.384 e. The van der Waals surface area contributed by atoms with Crippen LogP contribution < -0.4 is 0 Å². The number of ether oxygens (including phenoxy) is 1. The van der Waals surface area contributed by atoms with E-state index in [-0.39, 0.29) is 0 Å². The van der Waals surface area contributed by atoms with E-state index in [0.29, 0.717) is 13.0 Å². The van der Waals surface area contributed by atoms with E-state index in [4.69, 9.17) is 0 Å². The molecule has 0 aliphatic rings. The highest BCUT2D eigenvalue weighted by atomic mass is 16.5. The summed E-state index contributed by atoms with van der Waals surface area (Å²) in [5.74, 6) is 4.73. The number of hydrogen-bond donors (Lipinski definition) is 0. The van der Waals surface area contributed by atoms with Gasteiger partial charge in [-0.3, -0.25) is 0 Å². The van der Waals surface area contributed by atoms with Crippen molar-refractivity contribution in [3.05, 3.63) is 35.9 Å². The molecule has 0 aliphatic heterocycles. The highest BCUT2D eigenvalue weighted by Crippen LogP contribution is 1.97. The van der Waals surface area contributed by atoms with Gasteiger partial charge in [0.05, 0.1) is 6.61 Å². The van der Waals surface area contributed by atoms with Crippen molar-refractivity contribution in [1.82, 2.24) is 0 Å². The summed E-state index contributed by atoms with van der Waals surface area (Å²) >= 11 is 0. The molecule has 0 aliphatic carbocycles. The van der Waals surface area contributed by atoms with Crippen molar-refractivity contribution in [2.24, 2.45) is 0 Å². The van der Waals surface area contributed by atoms with Gasteiger partial charge in [-0.25, -0.2) is 4.79 Å². The Morgan fingerprint density at radius 3 is 2.71 bits per heavy atom. The van der Waals surface area contributed by atoms with Crippen molar-refractivity contribution in [2.45, 2.75) is 13.3 Å². The first-order chi connectivity index (χ1) is 6.83. The summed E-state index contributed by atoms with van der Waals surface area (Å²) in [6.45, 7) is 2.13. The van der Waals surface area contributed by atoms with Gasteiger partial charge in [-0.05, 0) is 12.5 Å². The molecular weight excluding hydrogens is 176 g/mol. The second kappa shape index (κ2) is 5.82. The number of carbonyl (C=O) groups excluding carboxylic acids is 1. The molecule has 0 atom stereocenters. The van der Waals surface area contributed by atoms with E-state index in [0.717, 1.165) is 5.56 Å². The van der Waals surface area contributed by atoms with Crippen molar-refractivity contribution >= 4 is 5.97 Å². The van der Waals surface area contributed by atoms with E-state index in [2.05, 4.69) is 16.6 Å². The molecule has 0 radical (unpaired) electrons. The zero-order valence-corrected chi connectivity index (χ0v) is 8.12. The Bertz CT molecular complexity index is 344. The monoisotopic (exact) mass is 188 g/mol. The summed E-state index contributed by atoms with van der Waals surface area (Å²) in [6.07, 6.45) is 0.583. The molecule has 1 rings (SSSR count). The fraction of sp³-hybridized carbons (Fsp3) is 0.250. The molecule has 0 saturated heterocycles. The van der Waals surface area contributed by atoms with Crippen LogP contribution in [0.25, 0.3) is 0 Å². The van der Waals surface area contributed by atoms with E-state index in [9.17, 15) is 4.79 Å². The zero-order valence-electron chi connectivity index (χ0n) is 8.12. The van der Waals surface area contributed by atoms with Crippen LogP contribution in [-0.4, -0.2) is 12.6 Å². The van der Waals surface area contributed by atoms with Gasteiger partial charge in [0.2, 0.25) is 0 Å². The Hall–Kier alpha value is -1.75. The molecule has 2 heteroatoms. The van der Waals surface area contributed by atoms with Gasteiger partial charge in [0, 0.05) is 12.3 Å². The number of esters is 1. The van der Waals surface area contributed by atoms with E-state index in [1.54, 1.807) is 6.92 Å². The standard InChI is InChI=1S/C12H12O2/c1-2-14-12(13)10-6-9-11-7-4-3-5-8-11/h3-5,7-8H,2,9H2,1H3. The van der Waals surface area contributed by atoms with E-state index >= 15 is 0 Å². The Morgan fingerprint density at radius 2 is 2.07 bits per heavy atom. The van der Waals surface area contributed by atoms with Crippen LogP contribution in [0.4, 0.5) is 0 Å². The molecule has 0 fully saturated rings. The van der Waals surface area contributed by atoms with E-state index in [1.807, 2.05) is 30.3 Å². The van der Waals surface area contributed by atoms with Crippen LogP contribution in [0.1, 0.15) is 12.5 Å². The lowest BCUT2D eigenvalue weighted by molar-refractivity contribution is -0.136. The first-order valence-electron chi connectivity index (χ1n) is 4.52. The minimum atomic E-state index is -0.455. The number of benzene rings is 1. The lowest BCUT2D eigenvalue weighted by Crippen LogP contribution is -1.99. The normalized spacial score (nSPS) is 8.64. The van der Waals surface area contributed by atoms with Crippen LogP contribution in [0.15, 0.2) is 30.3 Å². The van der Waals surface area contributed by atoms with Gasteiger partial charge in [-0.15, -0.1) is 0 Å². The molecule has 0 aromatic heterocycles. The summed E-state index contributed by atoms with van der Waals surface area (Å²) in [5.41, 5.74) is 1.10. The summed E-state index contributed by atoms with van der Waals surface area (Å²) < 4.78 is 4.67. The third-order valence-electron chi connectivity index (χ3n) is 1.60. The Morgan fingerprint density at radius 1 is 1.36 bits per heavy atom. The molecule has 1 aromatic carbocycles. The maximum absolute atomic E-state index is 10.8. The molecule has 0 N–H and O–H groups in total. The van der Waals surface area contributed by atoms with Crippen molar-refractivity contribution in [2.75, 3.05) is 6.61 Å². The Balaban J connectivity index is 2.44. The second-order valence-electron chi connectivity index (χ2n) is 2.68. The maximum Gasteiger partial charge on any atom is 0.384 e. The molecule has 14 heavy (non-hydrogen) atoms. The van der Waals surface area contributed by atoms with Crippen LogP contribution >= 0.6 is 0 Å². The second-order valence-corrected chi connectivity index (χ2v) is 2.68. The zero-order chi connectivity index (χ0) is 10.2. The van der Waals surface area contributed by atoms with Crippen LogP contribution in [0.3, 0.4) is 0 Å². The molecule has 0 amide bonds. The van der Waals surface area contributed by atoms with Crippen LogP contribution in [-0.2, 0) is 16.0 Å². The average molecular weight is 188 g/mol. The van der Waals surface area contributed by atoms with Gasteiger partial charge >= 0.3 is 5.97 Å². The topological polar surface area (TPSA) is 26.3 Å². The number of hydrogen-bond acceptors (Lipinski definition) is 2. The molecular formula is C12H12O2. The molecule has 0 unspecified atom stereocenters. The average Bonchev–Trinajstić information content (AvgIpc) is 2.20. The minimum Gasteiger partial charge on any atom is -0.456 e. The molecule has 0 saturated carbocycles. The SMILES string of the molecule is CCOC(=O)C#CCc1ccccc1. The van der Waals surface area contributed by atoms with Crippen molar-refractivity contribution in [3.8, 4) is 11.8 Å². The van der Waals surface area contributed by atoms with Gasteiger partial charge in [-0.1, -0.05) is 36.3 Å². The first-order valence-corrected chi connectivity index (χ1v) is 4.52. The van der Waals surface area contributed by atoms with Crippen molar-refractivity contribution < 1.29 is 9.53 Å². The van der Waals surface area contributed by atoms with Crippen molar-refractivity contribution in [3.63, 3.8) is 0 Å². The third kappa shape index (κ3) is 3.77. The highest BCUT2D eigenvalue weighted by Gasteiger charge is 1.91. The van der Waals surface area contributed by atoms with E-state index in [1.165, 1.54) is 0 Å². The molecule has 0 bridgehead atoms. The van der Waals surface area contributed by atoms with Crippen LogP contribution in [0.5, 0.6) is 0 Å². The van der Waals surface area contributed by atoms with Gasteiger partial charge in [0.15, 0.2) is 0 Å². The van der Waals surface area contributed by atoms with Crippen LogP contribution in [0.2, 0.25) is 0 Å². The van der Waals surface area contributed by atoms with Gasteiger partial charge in [-0.2, -0.15) is 0 Å². The Labute approximate surface area is 83.9 Å². The molecule has 1 aromatic rings. The van der Waals surface area contributed by atoms with Crippen molar-refractivity contribution in [1.29, 1.82) is 0 Å². The summed E-state index contributed by atoms with van der Waals surface area (Å²) in [6, 6.07) is 9.78. The predicted molar refractivity (Wildman–Crippen MR) is 54.6 cm³/mol.